The molecule has 0 saturated carbocycles. The van der Waals surface area contributed by atoms with Gasteiger partial charge in [0.25, 0.3) is 15.9 Å². The number of carbonyl (C=O) groups excluding carboxylic acids is 1. The highest BCUT2D eigenvalue weighted by Crippen LogP contribution is 2.37. The van der Waals surface area contributed by atoms with Crippen LogP contribution in [-0.2, 0) is 14.8 Å². The molecule has 6 nitrogen and oxygen atoms in total. The lowest BCUT2D eigenvalue weighted by atomic mass is 10.2. The molecule has 0 fully saturated rings. The maximum Gasteiger partial charge on any atom is 0.274 e. The summed E-state index contributed by atoms with van der Waals surface area (Å²) in [4.78, 5) is 13.6. The molecule has 1 atom stereocenters. The summed E-state index contributed by atoms with van der Waals surface area (Å²) < 4.78 is 33.0. The standard InChI is InChI=1S/C15H16N2O4S2/c1-16(2)15(18)13-10-17(11-6-3-4-7-12(11)21-13)23(19,20)14-8-5-9-22-14/h3-9,13H,10H2,1-2H3/t13-/m1/s1. The van der Waals surface area contributed by atoms with Gasteiger partial charge in [0.05, 0.1) is 12.2 Å². The van der Waals surface area contributed by atoms with Crippen LogP contribution in [0.1, 0.15) is 0 Å². The summed E-state index contributed by atoms with van der Waals surface area (Å²) in [6, 6.07) is 10.1. The van der Waals surface area contributed by atoms with E-state index in [9.17, 15) is 13.2 Å². The quantitative estimate of drug-likeness (QED) is 0.845. The van der Waals surface area contributed by atoms with Gasteiger partial charge in [0, 0.05) is 14.1 Å². The fraction of sp³-hybridized carbons (Fsp3) is 0.267. The highest BCUT2D eigenvalue weighted by Gasteiger charge is 2.38. The molecule has 2 heterocycles. The van der Waals surface area contributed by atoms with Crippen LogP contribution in [0.15, 0.2) is 46.0 Å². The van der Waals surface area contributed by atoms with E-state index in [1.807, 2.05) is 0 Å². The average molecular weight is 352 g/mol. The van der Waals surface area contributed by atoms with E-state index >= 15 is 0 Å². The van der Waals surface area contributed by atoms with Gasteiger partial charge in [-0.05, 0) is 23.6 Å². The lowest BCUT2D eigenvalue weighted by Crippen LogP contribution is -2.50. The smallest absolute Gasteiger partial charge is 0.274 e. The number of nitrogens with zero attached hydrogens (tertiary/aromatic N) is 2. The zero-order chi connectivity index (χ0) is 16.6. The van der Waals surface area contributed by atoms with Crippen LogP contribution in [0, 0.1) is 0 Å². The summed E-state index contributed by atoms with van der Waals surface area (Å²) >= 11 is 1.15. The van der Waals surface area contributed by atoms with E-state index in [1.165, 1.54) is 9.21 Å². The Labute approximate surface area is 139 Å². The lowest BCUT2D eigenvalue weighted by molar-refractivity contribution is -0.135. The first-order valence-corrected chi connectivity index (χ1v) is 9.26. The number of thiophene rings is 1. The Morgan fingerprint density at radius 1 is 1.26 bits per heavy atom. The molecule has 122 valence electrons. The van der Waals surface area contributed by atoms with Crippen LogP contribution in [0.25, 0.3) is 0 Å². The van der Waals surface area contributed by atoms with Crippen molar-refractivity contribution in [3.8, 4) is 5.75 Å². The third kappa shape index (κ3) is 2.79. The molecule has 0 spiro atoms. The van der Waals surface area contributed by atoms with E-state index in [0.29, 0.717) is 11.4 Å². The normalized spacial score (nSPS) is 17.3. The van der Waals surface area contributed by atoms with Gasteiger partial charge in [-0.3, -0.25) is 9.10 Å². The number of sulfonamides is 1. The first kappa shape index (κ1) is 15.8. The SMILES string of the molecule is CN(C)C(=O)[C@H]1CN(S(=O)(=O)c2cccs2)c2ccccc2O1. The van der Waals surface area contributed by atoms with Gasteiger partial charge in [0.2, 0.25) is 0 Å². The van der Waals surface area contributed by atoms with Crippen molar-refractivity contribution in [2.75, 3.05) is 24.9 Å². The summed E-state index contributed by atoms with van der Waals surface area (Å²) in [6.07, 6.45) is -0.866. The number of hydrogen-bond acceptors (Lipinski definition) is 5. The van der Waals surface area contributed by atoms with E-state index in [0.717, 1.165) is 11.3 Å². The molecule has 23 heavy (non-hydrogen) atoms. The van der Waals surface area contributed by atoms with E-state index in [-0.39, 0.29) is 16.7 Å². The predicted octanol–water partition coefficient (Wildman–Crippen LogP) is 1.79. The topological polar surface area (TPSA) is 66.9 Å². The molecular formula is C15H16N2O4S2. The minimum Gasteiger partial charge on any atom is -0.476 e. The monoisotopic (exact) mass is 352 g/mol. The van der Waals surface area contributed by atoms with E-state index < -0.39 is 16.1 Å². The number of hydrogen-bond donors (Lipinski definition) is 0. The number of rotatable bonds is 3. The minimum atomic E-state index is -3.72. The highest BCUT2D eigenvalue weighted by atomic mass is 32.2. The van der Waals surface area contributed by atoms with Crippen molar-refractivity contribution < 1.29 is 17.9 Å². The van der Waals surface area contributed by atoms with Crippen LogP contribution < -0.4 is 9.04 Å². The van der Waals surface area contributed by atoms with Gasteiger partial charge >= 0.3 is 0 Å². The number of benzene rings is 1. The first-order chi connectivity index (χ1) is 10.9. The molecule has 1 aromatic heterocycles. The molecule has 0 unspecified atom stereocenters. The predicted molar refractivity (Wildman–Crippen MR) is 88.4 cm³/mol. The van der Waals surface area contributed by atoms with Gasteiger partial charge in [0.1, 0.15) is 9.96 Å². The second-order valence-electron chi connectivity index (χ2n) is 5.28. The largest absolute Gasteiger partial charge is 0.476 e. The zero-order valence-corrected chi connectivity index (χ0v) is 14.3. The average Bonchev–Trinajstić information content (AvgIpc) is 3.08. The molecule has 0 saturated heterocycles. The van der Waals surface area contributed by atoms with Crippen LogP contribution in [0.5, 0.6) is 5.75 Å². The maximum absolute atomic E-state index is 12.9. The third-order valence-electron chi connectivity index (χ3n) is 3.49. The lowest BCUT2D eigenvalue weighted by Gasteiger charge is -2.35. The van der Waals surface area contributed by atoms with Crippen LogP contribution in [0.4, 0.5) is 5.69 Å². The Morgan fingerprint density at radius 2 is 2.00 bits per heavy atom. The van der Waals surface area contributed by atoms with Gasteiger partial charge < -0.3 is 9.64 Å². The number of anilines is 1. The highest BCUT2D eigenvalue weighted by molar-refractivity contribution is 7.94. The van der Waals surface area contributed by atoms with Gasteiger partial charge in [-0.1, -0.05) is 18.2 Å². The molecule has 1 aliphatic rings. The second-order valence-corrected chi connectivity index (χ2v) is 8.31. The number of carbonyl (C=O) groups is 1. The minimum absolute atomic E-state index is 0.0474. The first-order valence-electron chi connectivity index (χ1n) is 6.94. The molecule has 0 radical (unpaired) electrons. The summed E-state index contributed by atoms with van der Waals surface area (Å²) in [5.74, 6) is 0.116. The van der Waals surface area contributed by atoms with Crippen molar-refractivity contribution >= 4 is 33.0 Å². The van der Waals surface area contributed by atoms with Gasteiger partial charge in [-0.2, -0.15) is 0 Å². The van der Waals surface area contributed by atoms with E-state index in [1.54, 1.807) is 55.9 Å². The summed E-state index contributed by atoms with van der Waals surface area (Å²) in [7, 11) is -0.492. The van der Waals surface area contributed by atoms with Crippen LogP contribution in [0.2, 0.25) is 0 Å². The number of ether oxygens (including phenoxy) is 1. The summed E-state index contributed by atoms with van der Waals surface area (Å²) in [5, 5.41) is 1.71. The Kier molecular flexibility index (Phi) is 4.03. The number of para-hydroxylation sites is 2. The number of fused-ring (bicyclic) bond motifs is 1. The van der Waals surface area contributed by atoms with E-state index in [2.05, 4.69) is 0 Å². The number of amides is 1. The molecule has 2 aromatic rings. The van der Waals surface area contributed by atoms with Crippen molar-refractivity contribution in [1.82, 2.24) is 4.90 Å². The maximum atomic E-state index is 12.9. The Hall–Kier alpha value is -2.06. The van der Waals surface area contributed by atoms with Crippen molar-refractivity contribution in [2.45, 2.75) is 10.3 Å². The molecule has 0 N–H and O–H groups in total. The molecule has 0 bridgehead atoms. The van der Waals surface area contributed by atoms with Crippen molar-refractivity contribution in [3.05, 3.63) is 41.8 Å². The van der Waals surface area contributed by atoms with Gasteiger partial charge in [-0.25, -0.2) is 8.42 Å². The molecule has 3 rings (SSSR count). The Morgan fingerprint density at radius 3 is 2.65 bits per heavy atom. The third-order valence-corrected chi connectivity index (χ3v) is 6.64. The van der Waals surface area contributed by atoms with Gasteiger partial charge in [0.15, 0.2) is 6.10 Å². The molecule has 1 aromatic carbocycles. The zero-order valence-electron chi connectivity index (χ0n) is 12.7. The van der Waals surface area contributed by atoms with Gasteiger partial charge in [-0.15, -0.1) is 11.3 Å². The summed E-state index contributed by atoms with van der Waals surface area (Å²) in [6.45, 7) is -0.0474. The summed E-state index contributed by atoms with van der Waals surface area (Å²) in [5.41, 5.74) is 0.448. The van der Waals surface area contributed by atoms with Crippen molar-refractivity contribution in [2.24, 2.45) is 0 Å². The van der Waals surface area contributed by atoms with Crippen molar-refractivity contribution in [1.29, 1.82) is 0 Å². The fourth-order valence-electron chi connectivity index (χ4n) is 2.37. The van der Waals surface area contributed by atoms with Crippen molar-refractivity contribution in [3.63, 3.8) is 0 Å². The molecule has 1 amide bonds. The van der Waals surface area contributed by atoms with Crippen LogP contribution in [0.3, 0.4) is 0 Å². The second kappa shape index (κ2) is 5.86. The van der Waals surface area contributed by atoms with Crippen LogP contribution >= 0.6 is 11.3 Å². The molecule has 8 heteroatoms. The van der Waals surface area contributed by atoms with Crippen LogP contribution in [-0.4, -0.2) is 46.0 Å². The molecular weight excluding hydrogens is 336 g/mol. The Bertz CT molecular complexity index is 816. The molecule has 1 aliphatic heterocycles. The number of likely N-dealkylation sites (N-methyl/N-ethyl adjacent to an activating group) is 1. The molecule has 0 aliphatic carbocycles. The van der Waals surface area contributed by atoms with E-state index in [4.69, 9.17) is 4.74 Å². The Balaban J connectivity index is 2.06. The fourth-order valence-corrected chi connectivity index (χ4v) is 4.95.